The van der Waals surface area contributed by atoms with Crippen LogP contribution in [0.3, 0.4) is 0 Å². The molecule has 6 heteroatoms. The van der Waals surface area contributed by atoms with Gasteiger partial charge in [0, 0.05) is 19.6 Å². The molecule has 0 aromatic carbocycles. The molecule has 0 amide bonds. The molecule has 0 saturated heterocycles. The topological polar surface area (TPSA) is 72.3 Å². The maximum absolute atomic E-state index is 11.3. The Morgan fingerprint density at radius 1 is 1.35 bits per heavy atom. The second-order valence-electron chi connectivity index (χ2n) is 4.86. The highest BCUT2D eigenvalue weighted by molar-refractivity contribution is 7.99. The predicted octanol–water partition coefficient (Wildman–Crippen LogP) is 3.13. The SMILES string of the molecule is COCCCCSc1nc(C(C)C)nc(C)c1C(=O)O. The maximum Gasteiger partial charge on any atom is 0.340 e. The van der Waals surface area contributed by atoms with Gasteiger partial charge < -0.3 is 9.84 Å². The molecule has 112 valence electrons. The van der Waals surface area contributed by atoms with E-state index >= 15 is 0 Å². The third-order valence-corrected chi connectivity index (χ3v) is 3.85. The normalized spacial score (nSPS) is 11.1. The minimum Gasteiger partial charge on any atom is -0.478 e. The molecule has 0 aliphatic rings. The van der Waals surface area contributed by atoms with Crippen LogP contribution in [0.15, 0.2) is 5.03 Å². The number of aryl methyl sites for hydroxylation is 1. The summed E-state index contributed by atoms with van der Waals surface area (Å²) < 4.78 is 5.00. The molecule has 0 aliphatic heterocycles. The van der Waals surface area contributed by atoms with Crippen molar-refractivity contribution in [1.29, 1.82) is 0 Å². The molecule has 20 heavy (non-hydrogen) atoms. The first-order chi connectivity index (χ1) is 9.47. The van der Waals surface area contributed by atoms with Crippen LogP contribution in [0.2, 0.25) is 0 Å². The fraction of sp³-hybridized carbons (Fsp3) is 0.643. The molecule has 0 bridgehead atoms. The average Bonchev–Trinajstić information content (AvgIpc) is 2.37. The third-order valence-electron chi connectivity index (χ3n) is 2.79. The molecule has 1 aromatic heterocycles. The van der Waals surface area contributed by atoms with Crippen LogP contribution >= 0.6 is 11.8 Å². The molecule has 5 nitrogen and oxygen atoms in total. The largest absolute Gasteiger partial charge is 0.478 e. The van der Waals surface area contributed by atoms with Crippen LogP contribution in [0.4, 0.5) is 0 Å². The molecule has 0 radical (unpaired) electrons. The summed E-state index contributed by atoms with van der Waals surface area (Å²) in [6.07, 6.45) is 1.94. The minimum atomic E-state index is -0.961. The van der Waals surface area contributed by atoms with Crippen molar-refractivity contribution in [2.24, 2.45) is 0 Å². The van der Waals surface area contributed by atoms with Gasteiger partial charge in [-0.15, -0.1) is 11.8 Å². The number of aromatic carboxylic acids is 1. The number of carboxylic acids is 1. The number of methoxy groups -OCH3 is 1. The van der Waals surface area contributed by atoms with Crippen LogP contribution in [0.25, 0.3) is 0 Å². The number of thioether (sulfide) groups is 1. The van der Waals surface area contributed by atoms with Crippen molar-refractivity contribution in [3.05, 3.63) is 17.1 Å². The Labute approximate surface area is 124 Å². The van der Waals surface area contributed by atoms with E-state index in [2.05, 4.69) is 9.97 Å². The lowest BCUT2D eigenvalue weighted by molar-refractivity contribution is 0.0690. The minimum absolute atomic E-state index is 0.185. The van der Waals surface area contributed by atoms with E-state index in [0.717, 1.165) is 25.2 Å². The number of aromatic nitrogens is 2. The average molecular weight is 298 g/mol. The fourth-order valence-corrected chi connectivity index (χ4v) is 2.77. The van der Waals surface area contributed by atoms with Gasteiger partial charge in [-0.05, 0) is 25.5 Å². The van der Waals surface area contributed by atoms with Crippen molar-refractivity contribution in [2.75, 3.05) is 19.5 Å². The van der Waals surface area contributed by atoms with Crippen LogP contribution in [-0.4, -0.2) is 40.5 Å². The summed E-state index contributed by atoms with van der Waals surface area (Å²) in [7, 11) is 1.68. The fourth-order valence-electron chi connectivity index (χ4n) is 1.69. The molecule has 0 aliphatic carbocycles. The highest BCUT2D eigenvalue weighted by Gasteiger charge is 2.19. The lowest BCUT2D eigenvalue weighted by Crippen LogP contribution is -2.10. The Morgan fingerprint density at radius 3 is 2.60 bits per heavy atom. The molecular formula is C14H22N2O3S. The Morgan fingerprint density at radius 2 is 2.05 bits per heavy atom. The molecule has 1 rings (SSSR count). The monoisotopic (exact) mass is 298 g/mol. The third kappa shape index (κ3) is 4.76. The zero-order chi connectivity index (χ0) is 15.1. The molecule has 1 aromatic rings. The van der Waals surface area contributed by atoms with E-state index in [1.165, 1.54) is 11.8 Å². The van der Waals surface area contributed by atoms with Crippen molar-refractivity contribution in [2.45, 2.75) is 44.6 Å². The van der Waals surface area contributed by atoms with Crippen LogP contribution < -0.4 is 0 Å². The quantitative estimate of drug-likeness (QED) is 0.451. The van der Waals surface area contributed by atoms with E-state index in [-0.39, 0.29) is 11.5 Å². The molecule has 0 spiro atoms. The van der Waals surface area contributed by atoms with Gasteiger partial charge in [0.1, 0.15) is 16.4 Å². The lowest BCUT2D eigenvalue weighted by Gasteiger charge is -2.11. The Kier molecular flexibility index (Phi) is 6.95. The van der Waals surface area contributed by atoms with Gasteiger partial charge in [-0.2, -0.15) is 0 Å². The van der Waals surface area contributed by atoms with Crippen LogP contribution in [-0.2, 0) is 4.74 Å². The summed E-state index contributed by atoms with van der Waals surface area (Å²) in [5.41, 5.74) is 0.765. The molecule has 1 heterocycles. The summed E-state index contributed by atoms with van der Waals surface area (Å²) >= 11 is 1.48. The number of carbonyl (C=O) groups is 1. The van der Waals surface area contributed by atoms with Crippen LogP contribution in [0, 0.1) is 6.92 Å². The number of hydrogen-bond donors (Lipinski definition) is 1. The van der Waals surface area contributed by atoms with Gasteiger partial charge in [0.2, 0.25) is 0 Å². The van der Waals surface area contributed by atoms with Gasteiger partial charge in [0.25, 0.3) is 0 Å². The van der Waals surface area contributed by atoms with E-state index in [9.17, 15) is 9.90 Å². The summed E-state index contributed by atoms with van der Waals surface area (Å²) in [5.74, 6) is 0.755. The van der Waals surface area contributed by atoms with E-state index in [1.54, 1.807) is 14.0 Å². The summed E-state index contributed by atoms with van der Waals surface area (Å²) in [5, 5.41) is 9.88. The Hall–Kier alpha value is -1.14. The van der Waals surface area contributed by atoms with Gasteiger partial charge in [-0.25, -0.2) is 14.8 Å². The molecule has 0 saturated carbocycles. The van der Waals surface area contributed by atoms with Crippen molar-refractivity contribution in [3.63, 3.8) is 0 Å². The smallest absolute Gasteiger partial charge is 0.340 e. The number of hydrogen-bond acceptors (Lipinski definition) is 5. The van der Waals surface area contributed by atoms with Gasteiger partial charge in [-0.1, -0.05) is 13.8 Å². The molecule has 0 fully saturated rings. The van der Waals surface area contributed by atoms with Gasteiger partial charge in [0.05, 0.1) is 5.69 Å². The maximum atomic E-state index is 11.3. The highest BCUT2D eigenvalue weighted by atomic mass is 32.2. The van der Waals surface area contributed by atoms with Crippen molar-refractivity contribution in [3.8, 4) is 0 Å². The second kappa shape index (κ2) is 8.21. The first-order valence-corrected chi connectivity index (χ1v) is 7.69. The van der Waals surface area contributed by atoms with E-state index in [1.807, 2.05) is 13.8 Å². The standard InChI is InChI=1S/C14H22N2O3S/c1-9(2)12-15-10(3)11(14(17)18)13(16-12)20-8-6-5-7-19-4/h9H,5-8H2,1-4H3,(H,17,18). The van der Waals surface area contributed by atoms with Gasteiger partial charge >= 0.3 is 5.97 Å². The van der Waals surface area contributed by atoms with Crippen molar-refractivity contribution < 1.29 is 14.6 Å². The molecule has 1 N–H and O–H groups in total. The van der Waals surface area contributed by atoms with Crippen molar-refractivity contribution >= 4 is 17.7 Å². The second-order valence-corrected chi connectivity index (χ2v) is 5.94. The first-order valence-electron chi connectivity index (χ1n) is 6.71. The van der Waals surface area contributed by atoms with E-state index in [4.69, 9.17) is 4.74 Å². The summed E-state index contributed by atoms with van der Waals surface area (Å²) in [4.78, 5) is 20.0. The zero-order valence-corrected chi connectivity index (χ0v) is 13.3. The molecule has 0 unspecified atom stereocenters. The molecular weight excluding hydrogens is 276 g/mol. The zero-order valence-electron chi connectivity index (χ0n) is 12.5. The summed E-state index contributed by atoms with van der Waals surface area (Å²) in [6.45, 7) is 6.46. The van der Waals surface area contributed by atoms with Gasteiger partial charge in [0.15, 0.2) is 0 Å². The molecule has 0 atom stereocenters. The number of rotatable bonds is 8. The van der Waals surface area contributed by atoms with Gasteiger partial charge in [-0.3, -0.25) is 0 Å². The van der Waals surface area contributed by atoms with Crippen molar-refractivity contribution in [1.82, 2.24) is 9.97 Å². The van der Waals surface area contributed by atoms with E-state index in [0.29, 0.717) is 16.5 Å². The van der Waals surface area contributed by atoms with Crippen LogP contribution in [0.5, 0.6) is 0 Å². The number of ether oxygens (including phenoxy) is 1. The first kappa shape index (κ1) is 16.9. The highest BCUT2D eigenvalue weighted by Crippen LogP contribution is 2.25. The predicted molar refractivity (Wildman–Crippen MR) is 79.7 cm³/mol. The van der Waals surface area contributed by atoms with E-state index < -0.39 is 5.97 Å². The number of nitrogens with zero attached hydrogens (tertiary/aromatic N) is 2. The number of unbranched alkanes of at least 4 members (excludes halogenated alkanes) is 1. The van der Waals surface area contributed by atoms with Crippen LogP contribution in [0.1, 0.15) is 54.5 Å². The number of carboxylic acid groups (broad SMARTS) is 1. The Balaban J connectivity index is 2.87. The summed E-state index contributed by atoms with van der Waals surface area (Å²) in [6, 6.07) is 0. The Bertz CT molecular complexity index is 464. The lowest BCUT2D eigenvalue weighted by atomic mass is 10.2.